The summed E-state index contributed by atoms with van der Waals surface area (Å²) in [7, 11) is 0. The molecule has 6 aromatic rings. The van der Waals surface area contributed by atoms with Gasteiger partial charge in [-0.3, -0.25) is 18.7 Å². The van der Waals surface area contributed by atoms with Gasteiger partial charge in [0.25, 0.3) is 11.1 Å². The molecule has 0 atom stereocenters. The average molecular weight is 501 g/mol. The number of aryl methyl sites for hydroxylation is 4. The summed E-state index contributed by atoms with van der Waals surface area (Å²) in [6.45, 7) is 7.72. The number of benzene rings is 4. The van der Waals surface area contributed by atoms with Crippen molar-refractivity contribution in [1.29, 1.82) is 0 Å². The molecule has 0 fully saturated rings. The average Bonchev–Trinajstić information content (AvgIpc) is 2.91. The molecule has 0 aliphatic heterocycles. The lowest BCUT2D eigenvalue weighted by atomic mass is 10.2. The molecule has 0 radical (unpaired) electrons. The van der Waals surface area contributed by atoms with Crippen LogP contribution in [0.1, 0.15) is 22.8 Å². The van der Waals surface area contributed by atoms with Crippen molar-refractivity contribution in [1.82, 2.24) is 19.1 Å². The molecule has 2 heterocycles. The smallest absolute Gasteiger partial charge is 0.265 e. The van der Waals surface area contributed by atoms with Gasteiger partial charge in [0.05, 0.1) is 33.2 Å². The molecule has 0 amide bonds. The van der Waals surface area contributed by atoms with Crippen molar-refractivity contribution in [3.63, 3.8) is 0 Å². The number of hydrogen-bond acceptors (Lipinski definition) is 4. The molecule has 0 saturated carbocycles. The van der Waals surface area contributed by atoms with E-state index in [1.54, 1.807) is 9.13 Å². The van der Waals surface area contributed by atoms with Gasteiger partial charge in [-0.2, -0.15) is 0 Å². The molecule has 4 aromatic carbocycles. The summed E-state index contributed by atoms with van der Waals surface area (Å²) in [6.07, 6.45) is 0. The highest BCUT2D eigenvalue weighted by molar-refractivity contribution is 5.78. The number of hydrogen-bond donors (Lipinski definition) is 0. The number of para-hydroxylation sites is 4. The predicted molar refractivity (Wildman–Crippen MR) is 154 cm³/mol. The highest BCUT2D eigenvalue weighted by Crippen LogP contribution is 2.17. The van der Waals surface area contributed by atoms with Crippen LogP contribution in [0.5, 0.6) is 0 Å². The fraction of sp³-hybridized carbons (Fsp3) is 0.125. The highest BCUT2D eigenvalue weighted by atomic mass is 16.1. The number of rotatable bonds is 2. The van der Waals surface area contributed by atoms with Gasteiger partial charge in [0.15, 0.2) is 0 Å². The molecule has 2 aromatic heterocycles. The maximum Gasteiger partial charge on any atom is 0.265 e. The lowest BCUT2D eigenvalue weighted by Gasteiger charge is -2.12. The van der Waals surface area contributed by atoms with Crippen LogP contribution in [0.15, 0.2) is 107 Å². The van der Waals surface area contributed by atoms with E-state index in [0.29, 0.717) is 22.4 Å². The Bertz CT molecular complexity index is 1780. The van der Waals surface area contributed by atoms with Crippen LogP contribution in [-0.2, 0) is 0 Å². The molecule has 0 unspecified atom stereocenters. The minimum absolute atomic E-state index is 0.0163. The fourth-order valence-electron chi connectivity index (χ4n) is 4.68. The molecule has 6 heteroatoms. The second-order valence-electron chi connectivity index (χ2n) is 9.21. The quantitative estimate of drug-likeness (QED) is 0.292. The highest BCUT2D eigenvalue weighted by Gasteiger charge is 2.11. The van der Waals surface area contributed by atoms with E-state index in [-0.39, 0.29) is 11.1 Å². The van der Waals surface area contributed by atoms with Gasteiger partial charge in [-0.05, 0) is 75.2 Å². The Morgan fingerprint density at radius 3 is 1.21 bits per heavy atom. The molecule has 0 aliphatic rings. The van der Waals surface area contributed by atoms with Crippen molar-refractivity contribution in [2.45, 2.75) is 27.7 Å². The first-order chi connectivity index (χ1) is 18.4. The first-order valence-corrected chi connectivity index (χ1v) is 12.5. The maximum atomic E-state index is 12.6. The third-order valence-electron chi connectivity index (χ3n) is 6.60. The molecular formula is C32H28N4O2. The molecule has 188 valence electrons. The van der Waals surface area contributed by atoms with Crippen LogP contribution in [0.25, 0.3) is 33.2 Å². The topological polar surface area (TPSA) is 69.8 Å². The summed E-state index contributed by atoms with van der Waals surface area (Å²) in [5.41, 5.74) is 5.36. The Morgan fingerprint density at radius 1 is 0.474 bits per heavy atom. The second-order valence-corrected chi connectivity index (χ2v) is 9.21. The summed E-state index contributed by atoms with van der Waals surface area (Å²) >= 11 is 0. The van der Waals surface area contributed by atoms with E-state index < -0.39 is 0 Å². The zero-order chi connectivity index (χ0) is 26.8. The summed E-state index contributed by atoms with van der Waals surface area (Å²) in [6, 6.07) is 30.6. The summed E-state index contributed by atoms with van der Waals surface area (Å²) in [4.78, 5) is 34.3. The van der Waals surface area contributed by atoms with E-state index >= 15 is 0 Å². The Morgan fingerprint density at radius 2 is 0.816 bits per heavy atom. The molecule has 6 nitrogen and oxygen atoms in total. The number of aromatic nitrogens is 4. The van der Waals surface area contributed by atoms with E-state index in [9.17, 15) is 9.59 Å². The van der Waals surface area contributed by atoms with Crippen LogP contribution in [0.3, 0.4) is 0 Å². The van der Waals surface area contributed by atoms with E-state index in [2.05, 4.69) is 9.97 Å². The van der Waals surface area contributed by atoms with Crippen molar-refractivity contribution in [2.75, 3.05) is 0 Å². The molecule has 0 bridgehead atoms. The Kier molecular flexibility index (Phi) is 6.71. The van der Waals surface area contributed by atoms with Crippen LogP contribution in [0, 0.1) is 27.7 Å². The van der Waals surface area contributed by atoms with Gasteiger partial charge in [0.2, 0.25) is 0 Å². The van der Waals surface area contributed by atoms with Crippen LogP contribution in [-0.4, -0.2) is 19.1 Å². The summed E-state index contributed by atoms with van der Waals surface area (Å²) in [5.74, 6) is 1.41. The molecule has 0 aliphatic carbocycles. The molecule has 0 N–H and O–H groups in total. The molecule has 0 spiro atoms. The zero-order valence-electron chi connectivity index (χ0n) is 21.8. The SMILES string of the molecule is Cc1ccccc1-n1c(C)nc2ccccc2c1=O.Cc1ccccc1-n1c(C)nc2ccccc2c1=O. The van der Waals surface area contributed by atoms with Gasteiger partial charge in [-0.25, -0.2) is 9.97 Å². The normalized spacial score (nSPS) is 10.8. The monoisotopic (exact) mass is 500 g/mol. The van der Waals surface area contributed by atoms with Crippen molar-refractivity contribution in [3.8, 4) is 11.4 Å². The van der Waals surface area contributed by atoms with E-state index in [1.807, 2.05) is 125 Å². The number of nitrogens with zero attached hydrogens (tertiary/aromatic N) is 4. The Balaban J connectivity index is 0.000000155. The van der Waals surface area contributed by atoms with Crippen molar-refractivity contribution in [3.05, 3.63) is 141 Å². The lowest BCUT2D eigenvalue weighted by molar-refractivity contribution is 0.887. The first-order valence-electron chi connectivity index (χ1n) is 12.5. The van der Waals surface area contributed by atoms with E-state index in [0.717, 1.165) is 33.5 Å². The zero-order valence-corrected chi connectivity index (χ0v) is 21.8. The Labute approximate surface area is 220 Å². The fourth-order valence-corrected chi connectivity index (χ4v) is 4.68. The van der Waals surface area contributed by atoms with Crippen LogP contribution in [0.2, 0.25) is 0 Å². The second kappa shape index (κ2) is 10.3. The van der Waals surface area contributed by atoms with Crippen molar-refractivity contribution in [2.24, 2.45) is 0 Å². The van der Waals surface area contributed by atoms with Crippen molar-refractivity contribution < 1.29 is 0 Å². The van der Waals surface area contributed by atoms with E-state index in [1.165, 1.54) is 0 Å². The molecular weight excluding hydrogens is 472 g/mol. The van der Waals surface area contributed by atoms with Crippen molar-refractivity contribution >= 4 is 21.8 Å². The Hall–Kier alpha value is -4.84. The van der Waals surface area contributed by atoms with Gasteiger partial charge < -0.3 is 0 Å². The standard InChI is InChI=1S/2C16H14N2O/c2*1-11-7-3-6-10-15(11)18-12(2)17-14-9-5-4-8-13(14)16(18)19/h2*3-10H,1-2H3. The van der Waals surface area contributed by atoms with Gasteiger partial charge in [0.1, 0.15) is 11.6 Å². The van der Waals surface area contributed by atoms with Gasteiger partial charge in [-0.1, -0.05) is 60.7 Å². The first kappa shape index (κ1) is 24.8. The summed E-state index contributed by atoms with van der Waals surface area (Å²) in [5, 5.41) is 1.30. The summed E-state index contributed by atoms with van der Waals surface area (Å²) < 4.78 is 3.36. The minimum Gasteiger partial charge on any atom is -0.268 e. The third-order valence-corrected chi connectivity index (χ3v) is 6.60. The largest absolute Gasteiger partial charge is 0.268 e. The third kappa shape index (κ3) is 4.52. The van der Waals surface area contributed by atoms with Gasteiger partial charge >= 0.3 is 0 Å². The van der Waals surface area contributed by atoms with Gasteiger partial charge in [0, 0.05) is 0 Å². The molecule has 0 saturated heterocycles. The molecule has 38 heavy (non-hydrogen) atoms. The van der Waals surface area contributed by atoms with E-state index in [4.69, 9.17) is 0 Å². The maximum absolute atomic E-state index is 12.6. The lowest BCUT2D eigenvalue weighted by Crippen LogP contribution is -2.22. The van der Waals surface area contributed by atoms with Crippen LogP contribution >= 0.6 is 0 Å². The predicted octanol–water partition coefficient (Wildman–Crippen LogP) is 6.01. The minimum atomic E-state index is -0.0163. The molecule has 6 rings (SSSR count). The number of fused-ring (bicyclic) bond motifs is 2. The van der Waals surface area contributed by atoms with Crippen LogP contribution < -0.4 is 11.1 Å². The van der Waals surface area contributed by atoms with Gasteiger partial charge in [-0.15, -0.1) is 0 Å². The van der Waals surface area contributed by atoms with Crippen LogP contribution in [0.4, 0.5) is 0 Å².